The number of benzene rings is 3. The number of ether oxygens (including phenoxy) is 5. The minimum absolute atomic E-state index is 0.0151. The zero-order chi connectivity index (χ0) is 52.9. The number of rotatable bonds is 24. The van der Waals surface area contributed by atoms with Crippen LogP contribution in [0.2, 0.25) is 10.0 Å². The van der Waals surface area contributed by atoms with Gasteiger partial charge in [0, 0.05) is 56.3 Å². The fraction of sp³-hybridized carbons (Fsp3) is 0.491. The number of aliphatic hydroxyl groups is 1. The Morgan fingerprint density at radius 2 is 1.55 bits per heavy atom. The lowest BCUT2D eigenvalue weighted by atomic mass is 9.77. The highest BCUT2D eigenvalue weighted by Gasteiger charge is 2.46. The molecule has 3 amide bonds. The molecule has 3 heterocycles. The van der Waals surface area contributed by atoms with Gasteiger partial charge in [0.2, 0.25) is 17.7 Å². The third-order valence-electron chi connectivity index (χ3n) is 13.1. The lowest BCUT2D eigenvalue weighted by Crippen LogP contribution is -2.52. The maximum absolute atomic E-state index is 14.9. The molecule has 0 bridgehead atoms. The molecule has 3 aromatic carbocycles. The van der Waals surface area contributed by atoms with Crippen molar-refractivity contribution < 1.29 is 52.4 Å². The number of hydrogen-bond acceptors (Lipinski definition) is 15. The zero-order valence-corrected chi connectivity index (χ0v) is 44.5. The van der Waals surface area contributed by atoms with Crippen molar-refractivity contribution in [3.8, 4) is 21.9 Å². The fourth-order valence-electron chi connectivity index (χ4n) is 9.04. The van der Waals surface area contributed by atoms with Crippen molar-refractivity contribution in [3.63, 3.8) is 0 Å². The van der Waals surface area contributed by atoms with Gasteiger partial charge in [-0.3, -0.25) is 19.2 Å². The minimum Gasteiger partial charge on any atom is -0.493 e. The van der Waals surface area contributed by atoms with Crippen LogP contribution < -0.4 is 25.4 Å². The van der Waals surface area contributed by atoms with Crippen molar-refractivity contribution in [1.29, 1.82) is 0 Å². The number of piperidine rings is 1. The van der Waals surface area contributed by atoms with Gasteiger partial charge >= 0.3 is 0 Å². The maximum Gasteiger partial charge on any atom is 0.224 e. The summed E-state index contributed by atoms with van der Waals surface area (Å²) < 4.78 is 43.8. The maximum atomic E-state index is 14.9. The first-order chi connectivity index (χ1) is 35.5. The number of methoxy groups -OCH3 is 1. The summed E-state index contributed by atoms with van der Waals surface area (Å²) in [4.78, 5) is 69.5. The Balaban J connectivity index is 0.750. The highest BCUT2D eigenvalue weighted by Crippen LogP contribution is 2.39. The Kier molecular flexibility index (Phi) is 20.0. The number of hydrogen-bond donors (Lipinski definition) is 4. The monoisotopic (exact) mass is 1080 g/mol. The van der Waals surface area contributed by atoms with Gasteiger partial charge in [-0.25, -0.2) is 19.3 Å². The van der Waals surface area contributed by atoms with Gasteiger partial charge in [-0.05, 0) is 54.5 Å². The van der Waals surface area contributed by atoms with Crippen LogP contribution in [0.25, 0.3) is 21.3 Å². The summed E-state index contributed by atoms with van der Waals surface area (Å²) in [6, 6.07) is 13.4. The molecule has 4 N–H and O–H groups in total. The first-order valence-electron chi connectivity index (χ1n) is 24.7. The summed E-state index contributed by atoms with van der Waals surface area (Å²) in [5, 5.41) is 19.9. The van der Waals surface area contributed by atoms with E-state index in [1.807, 2.05) is 57.5 Å². The number of carbonyl (C=O) groups excluding carboxylic acids is 4. The van der Waals surface area contributed by atoms with Crippen molar-refractivity contribution >= 4 is 80.5 Å². The highest BCUT2D eigenvalue weighted by atomic mass is 35.5. The molecule has 0 spiro atoms. The molecule has 74 heavy (non-hydrogen) atoms. The summed E-state index contributed by atoms with van der Waals surface area (Å²) >= 11 is 13.6. The van der Waals surface area contributed by atoms with E-state index in [0.29, 0.717) is 60.8 Å². The van der Waals surface area contributed by atoms with E-state index in [9.17, 15) is 28.7 Å². The van der Waals surface area contributed by atoms with Crippen molar-refractivity contribution in [2.24, 2.45) is 17.3 Å². The average Bonchev–Trinajstić information content (AvgIpc) is 4.01. The van der Waals surface area contributed by atoms with Gasteiger partial charge in [0.1, 0.15) is 18.2 Å². The molecular formula is C53H64Cl2FN7O10S. The molecule has 5 aromatic rings. The van der Waals surface area contributed by atoms with Crippen LogP contribution in [0.1, 0.15) is 70.6 Å². The smallest absolute Gasteiger partial charge is 0.224 e. The SMILES string of the molecule is COc1cc2ncnc(Nc3ccc(Cl)c(Cl)c3F)c2cc1OC1CCN(C(=O)CCOCCOCCOCCC(=O)N[C@H](C(=O)C2C[C@H](O)C[C@H]2C(=O)NCc2ccc(-c3scnc3C)cc2)C(C)(C)C)CC1. The number of Topliss-reactive ketones (excluding diaryl/α,β-unsaturated/α-hetero) is 1. The quantitative estimate of drug-likeness (QED) is 0.0339. The topological polar surface area (TPSA) is 213 Å². The molecule has 2 fully saturated rings. The number of carbonyl (C=O) groups is 4. The first kappa shape index (κ1) is 56.2. The van der Waals surface area contributed by atoms with Gasteiger partial charge in [-0.2, -0.15) is 0 Å². The lowest BCUT2D eigenvalue weighted by molar-refractivity contribution is -0.137. The first-order valence-corrected chi connectivity index (χ1v) is 26.3. The van der Waals surface area contributed by atoms with E-state index in [1.165, 1.54) is 25.6 Å². The van der Waals surface area contributed by atoms with Crippen molar-refractivity contribution in [3.05, 3.63) is 87.5 Å². The van der Waals surface area contributed by atoms with Gasteiger partial charge in [0.15, 0.2) is 23.1 Å². The van der Waals surface area contributed by atoms with Crippen LogP contribution in [-0.4, -0.2) is 127 Å². The zero-order valence-electron chi connectivity index (χ0n) is 42.2. The Bertz CT molecular complexity index is 2740. The standard InChI is InChI=1S/C53H64Cl2FN7O10S/c1-31-49(74-30-60-31)33-8-6-32(7-9-33)28-57-52(68)37-25-34(64)24-36(37)48(67)50(53(2,3)4)62-44(65)14-18-70-20-22-72-23-21-71-19-15-45(66)63-16-12-35(13-17-63)73-43-26-38-41(27-42(43)69-5)58-29-59-51(38)61-40-11-10-39(54)46(55)47(40)56/h6-11,26-27,29-30,34-37,50,64H,12-25,28H2,1-5H3,(H,57,68)(H,62,65)(H,58,59,61)/t34-,36?,37+,50+/m0/s1. The van der Waals surface area contributed by atoms with E-state index in [4.69, 9.17) is 46.9 Å². The van der Waals surface area contributed by atoms with Gasteiger partial charge in [0.25, 0.3) is 0 Å². The number of likely N-dealkylation sites (tertiary alicyclic amines) is 1. The third-order valence-corrected chi connectivity index (χ3v) is 14.9. The van der Waals surface area contributed by atoms with E-state index in [2.05, 4.69) is 30.9 Å². The van der Waals surface area contributed by atoms with Crippen LogP contribution in [0.5, 0.6) is 11.5 Å². The van der Waals surface area contributed by atoms with Crippen LogP contribution in [-0.2, 0) is 39.9 Å². The normalized spacial score (nSPS) is 17.5. The Morgan fingerprint density at radius 3 is 2.22 bits per heavy atom. The predicted octanol–water partition coefficient (Wildman–Crippen LogP) is 8.26. The molecule has 21 heteroatoms. The number of aryl methyl sites for hydroxylation is 1. The number of nitrogens with zero attached hydrogens (tertiary/aromatic N) is 4. The molecule has 0 radical (unpaired) electrons. The number of aromatic nitrogens is 3. The summed E-state index contributed by atoms with van der Waals surface area (Å²) in [6.07, 6.45) is 2.09. The van der Waals surface area contributed by atoms with Crippen molar-refractivity contribution in [1.82, 2.24) is 30.5 Å². The van der Waals surface area contributed by atoms with Gasteiger partial charge in [0.05, 0.1) is 109 Å². The van der Waals surface area contributed by atoms with E-state index in [1.54, 1.807) is 28.4 Å². The summed E-state index contributed by atoms with van der Waals surface area (Å²) in [6.45, 7) is 10.3. The van der Waals surface area contributed by atoms with Crippen LogP contribution in [0, 0.1) is 30.0 Å². The van der Waals surface area contributed by atoms with E-state index >= 15 is 0 Å². The number of anilines is 2. The molecule has 1 aliphatic carbocycles. The third kappa shape index (κ3) is 14.9. The number of aliphatic hydroxyl groups excluding tert-OH is 1. The Morgan fingerprint density at radius 1 is 0.878 bits per heavy atom. The van der Waals surface area contributed by atoms with Gasteiger partial charge in [-0.1, -0.05) is 68.2 Å². The summed E-state index contributed by atoms with van der Waals surface area (Å²) in [5.41, 5.74) is 4.71. The molecule has 4 atom stereocenters. The number of thiazole rings is 1. The summed E-state index contributed by atoms with van der Waals surface area (Å²) in [7, 11) is 1.53. The molecule has 1 saturated heterocycles. The van der Waals surface area contributed by atoms with E-state index in [-0.39, 0.29) is 111 Å². The van der Waals surface area contributed by atoms with Gasteiger partial charge < -0.3 is 49.6 Å². The van der Waals surface area contributed by atoms with E-state index < -0.39 is 35.2 Å². The van der Waals surface area contributed by atoms with Crippen LogP contribution >= 0.6 is 34.5 Å². The second kappa shape index (κ2) is 26.3. The number of fused-ring (bicyclic) bond motifs is 1. The van der Waals surface area contributed by atoms with Crippen molar-refractivity contribution in [2.75, 3.05) is 65.2 Å². The number of ketones is 1. The molecular weight excluding hydrogens is 1020 g/mol. The summed E-state index contributed by atoms with van der Waals surface area (Å²) in [5.74, 6) is -1.89. The minimum atomic E-state index is -0.879. The van der Waals surface area contributed by atoms with Crippen LogP contribution in [0.4, 0.5) is 15.9 Å². The Hall–Kier alpha value is -5.54. The van der Waals surface area contributed by atoms with Crippen LogP contribution in [0.15, 0.2) is 60.4 Å². The number of amides is 3. The molecule has 2 aliphatic rings. The van der Waals surface area contributed by atoms with E-state index in [0.717, 1.165) is 21.7 Å². The molecule has 7 rings (SSSR count). The number of nitrogens with one attached hydrogen (secondary N) is 3. The molecule has 1 unspecified atom stereocenters. The van der Waals surface area contributed by atoms with Crippen LogP contribution in [0.3, 0.4) is 0 Å². The molecule has 2 aromatic heterocycles. The number of halogens is 3. The Labute approximate surface area is 444 Å². The highest BCUT2D eigenvalue weighted by molar-refractivity contribution is 7.13. The fourth-order valence-corrected chi connectivity index (χ4v) is 10.2. The largest absolute Gasteiger partial charge is 0.493 e. The second-order valence-corrected chi connectivity index (χ2v) is 21.1. The molecule has 1 saturated carbocycles. The lowest BCUT2D eigenvalue weighted by Gasteiger charge is -2.33. The second-order valence-electron chi connectivity index (χ2n) is 19.4. The molecule has 398 valence electrons. The predicted molar refractivity (Wildman–Crippen MR) is 280 cm³/mol. The van der Waals surface area contributed by atoms with Gasteiger partial charge in [-0.15, -0.1) is 11.3 Å². The molecule has 1 aliphatic heterocycles. The molecule has 17 nitrogen and oxygen atoms in total. The average molecular weight is 1080 g/mol. The van der Waals surface area contributed by atoms with Crippen molar-refractivity contribution in [2.45, 2.75) is 91.0 Å².